The van der Waals surface area contributed by atoms with E-state index in [1.54, 1.807) is 0 Å². The van der Waals surface area contributed by atoms with Crippen LogP contribution in [0.15, 0.2) is 18.2 Å². The number of piperidine rings is 1. The van der Waals surface area contributed by atoms with Gasteiger partial charge in [-0.15, -0.1) is 0 Å². The van der Waals surface area contributed by atoms with Crippen LogP contribution in [-0.4, -0.2) is 36.8 Å². The maximum Gasteiger partial charge on any atom is 0.401 e. The molecule has 1 aromatic carbocycles. The Morgan fingerprint density at radius 1 is 1.14 bits per heavy atom. The second kappa shape index (κ2) is 6.70. The molecule has 1 N–H and O–H groups in total. The van der Waals surface area contributed by atoms with Crippen molar-refractivity contribution in [3.63, 3.8) is 0 Å². The number of halogens is 5. The van der Waals surface area contributed by atoms with Crippen molar-refractivity contribution in [3.8, 4) is 0 Å². The van der Waals surface area contributed by atoms with Crippen LogP contribution in [0.4, 0.5) is 22.0 Å². The van der Waals surface area contributed by atoms with Gasteiger partial charge in [-0.3, -0.25) is 4.90 Å². The summed E-state index contributed by atoms with van der Waals surface area (Å²) in [4.78, 5) is 1.36. The Bertz CT molecular complexity index is 467. The van der Waals surface area contributed by atoms with E-state index >= 15 is 0 Å². The van der Waals surface area contributed by atoms with Crippen LogP contribution < -0.4 is 5.32 Å². The third-order valence-corrected chi connectivity index (χ3v) is 3.58. The second-order valence-corrected chi connectivity index (χ2v) is 5.28. The van der Waals surface area contributed by atoms with Crippen LogP contribution in [0.5, 0.6) is 0 Å². The molecule has 118 valence electrons. The monoisotopic (exact) mass is 308 g/mol. The Morgan fingerprint density at radius 2 is 1.81 bits per heavy atom. The molecule has 1 saturated heterocycles. The summed E-state index contributed by atoms with van der Waals surface area (Å²) >= 11 is 0. The molecule has 2 nitrogen and oxygen atoms in total. The molecule has 0 unspecified atom stereocenters. The molecule has 0 atom stereocenters. The summed E-state index contributed by atoms with van der Waals surface area (Å²) in [6, 6.07) is 3.27. The molecule has 0 bridgehead atoms. The summed E-state index contributed by atoms with van der Waals surface area (Å²) < 4.78 is 63.2. The number of hydrogen-bond donors (Lipinski definition) is 1. The highest BCUT2D eigenvalue weighted by molar-refractivity contribution is 5.18. The predicted molar refractivity (Wildman–Crippen MR) is 68.7 cm³/mol. The van der Waals surface area contributed by atoms with Gasteiger partial charge in [-0.1, -0.05) is 0 Å². The average molecular weight is 308 g/mol. The maximum absolute atomic E-state index is 13.4. The van der Waals surface area contributed by atoms with E-state index in [1.807, 2.05) is 0 Å². The minimum absolute atomic E-state index is 0.0251. The molecule has 0 saturated carbocycles. The van der Waals surface area contributed by atoms with Gasteiger partial charge >= 0.3 is 6.18 Å². The van der Waals surface area contributed by atoms with Crippen LogP contribution in [0.25, 0.3) is 0 Å². The summed E-state index contributed by atoms with van der Waals surface area (Å²) in [5.41, 5.74) is 0.229. The summed E-state index contributed by atoms with van der Waals surface area (Å²) in [5, 5.41) is 3.07. The number of nitrogens with one attached hydrogen (secondary N) is 1. The average Bonchev–Trinajstić information content (AvgIpc) is 2.40. The fraction of sp³-hybridized carbons (Fsp3) is 0.571. The topological polar surface area (TPSA) is 15.3 Å². The molecule has 2 rings (SSSR count). The molecule has 1 aliphatic rings. The van der Waals surface area contributed by atoms with Crippen LogP contribution in [-0.2, 0) is 6.54 Å². The molecular weight excluding hydrogens is 291 g/mol. The first-order valence-corrected chi connectivity index (χ1v) is 6.80. The van der Waals surface area contributed by atoms with Crippen molar-refractivity contribution in [2.75, 3.05) is 19.6 Å². The van der Waals surface area contributed by atoms with E-state index in [9.17, 15) is 22.0 Å². The fourth-order valence-corrected chi connectivity index (χ4v) is 2.48. The highest BCUT2D eigenvalue weighted by Gasteiger charge is 2.32. The zero-order valence-electron chi connectivity index (χ0n) is 11.4. The van der Waals surface area contributed by atoms with Crippen molar-refractivity contribution in [1.82, 2.24) is 10.2 Å². The van der Waals surface area contributed by atoms with E-state index in [0.29, 0.717) is 25.9 Å². The van der Waals surface area contributed by atoms with Crippen molar-refractivity contribution < 1.29 is 22.0 Å². The molecule has 7 heteroatoms. The number of benzene rings is 1. The quantitative estimate of drug-likeness (QED) is 0.860. The number of rotatable bonds is 4. The van der Waals surface area contributed by atoms with Crippen molar-refractivity contribution in [1.29, 1.82) is 0 Å². The van der Waals surface area contributed by atoms with E-state index in [1.165, 1.54) is 4.90 Å². The summed E-state index contributed by atoms with van der Waals surface area (Å²) in [6.45, 7) is -0.0165. The SMILES string of the molecule is Fc1ccc(F)c(CNC2CCN(CC(F)(F)F)CC2)c1. The van der Waals surface area contributed by atoms with E-state index in [2.05, 4.69) is 5.32 Å². The Hall–Kier alpha value is -1.21. The minimum atomic E-state index is -4.18. The largest absolute Gasteiger partial charge is 0.401 e. The molecule has 1 aromatic rings. The molecule has 21 heavy (non-hydrogen) atoms. The summed E-state index contributed by atoms with van der Waals surface area (Å²) in [5.74, 6) is -0.994. The lowest BCUT2D eigenvalue weighted by Gasteiger charge is -2.32. The van der Waals surface area contributed by atoms with E-state index < -0.39 is 24.4 Å². The third-order valence-electron chi connectivity index (χ3n) is 3.58. The third kappa shape index (κ3) is 5.24. The van der Waals surface area contributed by atoms with E-state index in [0.717, 1.165) is 18.2 Å². The maximum atomic E-state index is 13.4. The van der Waals surface area contributed by atoms with E-state index in [-0.39, 0.29) is 18.2 Å². The molecule has 0 aliphatic carbocycles. The fourth-order valence-electron chi connectivity index (χ4n) is 2.48. The van der Waals surface area contributed by atoms with Gasteiger partial charge in [0.2, 0.25) is 0 Å². The Morgan fingerprint density at radius 3 is 2.43 bits per heavy atom. The minimum Gasteiger partial charge on any atom is -0.310 e. The lowest BCUT2D eigenvalue weighted by molar-refractivity contribution is -0.148. The van der Waals surface area contributed by atoms with Crippen LogP contribution in [0.3, 0.4) is 0 Å². The normalized spacial score (nSPS) is 18.1. The standard InChI is InChI=1S/C14H17F5N2/c15-11-1-2-13(16)10(7-11)8-20-12-3-5-21(6-4-12)9-14(17,18)19/h1-2,7,12,20H,3-6,8-9H2. The van der Waals surface area contributed by atoms with Gasteiger partial charge in [0.15, 0.2) is 0 Å². The predicted octanol–water partition coefficient (Wildman–Crippen LogP) is 3.08. The van der Waals surface area contributed by atoms with Crippen LogP contribution in [0.2, 0.25) is 0 Å². The number of nitrogens with zero attached hydrogens (tertiary/aromatic N) is 1. The number of alkyl halides is 3. The molecule has 0 spiro atoms. The first-order valence-electron chi connectivity index (χ1n) is 6.80. The molecular formula is C14H17F5N2. The van der Waals surface area contributed by atoms with Crippen LogP contribution in [0, 0.1) is 11.6 Å². The summed E-state index contributed by atoms with van der Waals surface area (Å²) in [6.07, 6.45) is -3.05. The van der Waals surface area contributed by atoms with Crippen LogP contribution >= 0.6 is 0 Å². The van der Waals surface area contributed by atoms with E-state index in [4.69, 9.17) is 0 Å². The van der Waals surface area contributed by atoms with Crippen molar-refractivity contribution in [2.24, 2.45) is 0 Å². The van der Waals surface area contributed by atoms with Crippen LogP contribution in [0.1, 0.15) is 18.4 Å². The van der Waals surface area contributed by atoms with Gasteiger partial charge in [0, 0.05) is 18.2 Å². The van der Waals surface area contributed by atoms with Gasteiger partial charge in [-0.25, -0.2) is 8.78 Å². The molecule has 1 fully saturated rings. The zero-order valence-corrected chi connectivity index (χ0v) is 11.4. The highest BCUT2D eigenvalue weighted by Crippen LogP contribution is 2.20. The van der Waals surface area contributed by atoms with Gasteiger partial charge in [0.1, 0.15) is 11.6 Å². The lowest BCUT2D eigenvalue weighted by Crippen LogP contribution is -2.45. The first kappa shape index (κ1) is 16.2. The van der Waals surface area contributed by atoms with Gasteiger partial charge in [0.25, 0.3) is 0 Å². The molecule has 0 radical (unpaired) electrons. The highest BCUT2D eigenvalue weighted by atomic mass is 19.4. The Kier molecular flexibility index (Phi) is 5.16. The Labute approximate surface area is 119 Å². The van der Waals surface area contributed by atoms with Gasteiger partial charge in [-0.2, -0.15) is 13.2 Å². The summed E-state index contributed by atoms with van der Waals surface area (Å²) in [7, 11) is 0. The first-order chi connectivity index (χ1) is 9.83. The molecule has 1 aliphatic heterocycles. The zero-order chi connectivity index (χ0) is 15.5. The second-order valence-electron chi connectivity index (χ2n) is 5.28. The lowest BCUT2D eigenvalue weighted by atomic mass is 10.0. The van der Waals surface area contributed by atoms with Crippen molar-refractivity contribution in [3.05, 3.63) is 35.4 Å². The molecule has 0 amide bonds. The Balaban J connectivity index is 1.77. The van der Waals surface area contributed by atoms with Gasteiger partial charge in [-0.05, 0) is 44.1 Å². The van der Waals surface area contributed by atoms with Gasteiger partial charge in [0.05, 0.1) is 6.54 Å². The van der Waals surface area contributed by atoms with Gasteiger partial charge < -0.3 is 5.32 Å². The van der Waals surface area contributed by atoms with Crippen molar-refractivity contribution >= 4 is 0 Å². The molecule has 0 aromatic heterocycles. The number of hydrogen-bond acceptors (Lipinski definition) is 2. The molecule has 1 heterocycles. The van der Waals surface area contributed by atoms with Crippen molar-refractivity contribution in [2.45, 2.75) is 31.6 Å². The smallest absolute Gasteiger partial charge is 0.310 e. The number of likely N-dealkylation sites (tertiary alicyclic amines) is 1.